The van der Waals surface area contributed by atoms with Crippen LogP contribution in [0.2, 0.25) is 5.02 Å². The van der Waals surface area contributed by atoms with Crippen molar-refractivity contribution >= 4 is 35.4 Å². The fourth-order valence-electron chi connectivity index (χ4n) is 1.83. The zero-order valence-electron chi connectivity index (χ0n) is 9.65. The van der Waals surface area contributed by atoms with E-state index in [0.717, 1.165) is 0 Å². The minimum Gasteiger partial charge on any atom is -0.267 e. The monoisotopic (exact) mass is 289 g/mol. The fourth-order valence-corrected chi connectivity index (χ4v) is 2.25. The van der Waals surface area contributed by atoms with E-state index in [2.05, 4.69) is 4.98 Å². The summed E-state index contributed by atoms with van der Waals surface area (Å²) >= 11 is 11.1. The van der Waals surface area contributed by atoms with Gasteiger partial charge in [0.15, 0.2) is 5.65 Å². The number of halogens is 1. The molecular formula is C13H8ClN3OS. The second-order valence-electron chi connectivity index (χ2n) is 3.93. The summed E-state index contributed by atoms with van der Waals surface area (Å²) < 4.78 is 3.09. The largest absolute Gasteiger partial charge is 0.279 e. The second-order valence-corrected chi connectivity index (χ2v) is 4.73. The van der Waals surface area contributed by atoms with Crippen molar-refractivity contribution in [2.75, 3.05) is 0 Å². The van der Waals surface area contributed by atoms with Gasteiger partial charge < -0.3 is 0 Å². The lowest BCUT2D eigenvalue weighted by Gasteiger charge is -2.04. The Balaban J connectivity index is 2.25. The first-order chi connectivity index (χ1) is 9.16. The highest BCUT2D eigenvalue weighted by Gasteiger charge is 2.13. The van der Waals surface area contributed by atoms with E-state index in [1.807, 2.05) is 6.07 Å². The Morgan fingerprint density at radius 2 is 1.89 bits per heavy atom. The van der Waals surface area contributed by atoms with E-state index in [0.29, 0.717) is 16.2 Å². The van der Waals surface area contributed by atoms with Gasteiger partial charge in [-0.25, -0.2) is 4.52 Å². The van der Waals surface area contributed by atoms with Crippen LogP contribution in [-0.2, 0) is 0 Å². The van der Waals surface area contributed by atoms with Gasteiger partial charge in [-0.2, -0.15) is 9.67 Å². The third-order valence-electron chi connectivity index (χ3n) is 2.69. The van der Waals surface area contributed by atoms with Crippen LogP contribution in [-0.4, -0.2) is 20.1 Å². The molecule has 3 rings (SSSR count). The van der Waals surface area contributed by atoms with Gasteiger partial charge in [0.05, 0.1) is 5.02 Å². The molecular weight excluding hydrogens is 282 g/mol. The highest BCUT2D eigenvalue weighted by molar-refractivity contribution is 7.71. The highest BCUT2D eigenvalue weighted by atomic mass is 35.5. The van der Waals surface area contributed by atoms with Gasteiger partial charge in [0.2, 0.25) is 4.77 Å². The standard InChI is InChI=1S/C13H8ClN3OS/c14-10-6-7-11-15-13(19)17(16(11)8-10)12(18)9-4-2-1-3-5-9/h1-8H. The summed E-state index contributed by atoms with van der Waals surface area (Å²) in [5.41, 5.74) is 1.12. The molecule has 2 aromatic heterocycles. The van der Waals surface area contributed by atoms with Crippen LogP contribution < -0.4 is 0 Å². The number of hydrogen-bond acceptors (Lipinski definition) is 3. The SMILES string of the molecule is O=C(c1ccccc1)n1c(=S)nc2ccc(Cl)cn21. The number of carbonyl (C=O) groups excluding carboxylic acids is 1. The second kappa shape index (κ2) is 4.60. The van der Waals surface area contributed by atoms with Crippen molar-refractivity contribution in [2.24, 2.45) is 0 Å². The van der Waals surface area contributed by atoms with E-state index in [9.17, 15) is 4.79 Å². The predicted octanol–water partition coefficient (Wildman–Crippen LogP) is 3.21. The summed E-state index contributed by atoms with van der Waals surface area (Å²) in [4.78, 5) is 16.6. The summed E-state index contributed by atoms with van der Waals surface area (Å²) in [5, 5.41) is 0.509. The third-order valence-corrected chi connectivity index (χ3v) is 3.18. The van der Waals surface area contributed by atoms with Gasteiger partial charge >= 0.3 is 0 Å². The van der Waals surface area contributed by atoms with Crippen molar-refractivity contribution in [3.8, 4) is 0 Å². The molecule has 0 radical (unpaired) electrons. The van der Waals surface area contributed by atoms with Gasteiger partial charge in [-0.05, 0) is 36.5 Å². The molecule has 0 aliphatic carbocycles. The molecule has 6 heteroatoms. The van der Waals surface area contributed by atoms with E-state index in [4.69, 9.17) is 23.8 Å². The van der Waals surface area contributed by atoms with Crippen LogP contribution in [0.15, 0.2) is 48.7 Å². The summed E-state index contributed by atoms with van der Waals surface area (Å²) in [6.45, 7) is 0. The molecule has 94 valence electrons. The van der Waals surface area contributed by atoms with Gasteiger partial charge in [-0.15, -0.1) is 0 Å². The maximum absolute atomic E-state index is 12.4. The summed E-state index contributed by atoms with van der Waals surface area (Å²) in [5.74, 6) is -0.236. The molecule has 3 aromatic rings. The Hall–Kier alpha value is -1.98. The number of hydrogen-bond donors (Lipinski definition) is 0. The number of rotatable bonds is 1. The van der Waals surface area contributed by atoms with Crippen LogP contribution in [0.4, 0.5) is 0 Å². The fraction of sp³-hybridized carbons (Fsp3) is 0. The van der Waals surface area contributed by atoms with Crippen molar-refractivity contribution in [1.82, 2.24) is 14.2 Å². The number of pyridine rings is 1. The van der Waals surface area contributed by atoms with Crippen LogP contribution in [0.5, 0.6) is 0 Å². The lowest BCUT2D eigenvalue weighted by atomic mass is 10.2. The molecule has 0 saturated heterocycles. The number of benzene rings is 1. The molecule has 0 N–H and O–H groups in total. The van der Waals surface area contributed by atoms with Crippen LogP contribution in [0.1, 0.15) is 10.4 Å². The first kappa shape index (κ1) is 12.1. The molecule has 0 spiro atoms. The zero-order chi connectivity index (χ0) is 13.4. The van der Waals surface area contributed by atoms with E-state index in [-0.39, 0.29) is 10.7 Å². The van der Waals surface area contributed by atoms with E-state index < -0.39 is 0 Å². The average molecular weight is 290 g/mol. The molecule has 0 unspecified atom stereocenters. The maximum Gasteiger partial charge on any atom is 0.279 e. The normalized spacial score (nSPS) is 10.8. The molecule has 0 aliphatic heterocycles. The Kier molecular flexibility index (Phi) is 2.93. The van der Waals surface area contributed by atoms with Crippen LogP contribution in [0.25, 0.3) is 5.65 Å². The van der Waals surface area contributed by atoms with E-state index in [1.165, 1.54) is 4.68 Å². The first-order valence-corrected chi connectivity index (χ1v) is 6.32. The van der Waals surface area contributed by atoms with Gasteiger partial charge in [-0.3, -0.25) is 4.79 Å². The number of nitrogens with zero attached hydrogens (tertiary/aromatic N) is 3. The Morgan fingerprint density at radius 1 is 1.16 bits per heavy atom. The molecule has 0 saturated carbocycles. The molecule has 0 amide bonds. The van der Waals surface area contributed by atoms with Crippen LogP contribution in [0.3, 0.4) is 0 Å². The third kappa shape index (κ3) is 2.07. The Bertz CT molecular complexity index is 823. The molecule has 19 heavy (non-hydrogen) atoms. The maximum atomic E-state index is 12.4. The van der Waals surface area contributed by atoms with Crippen molar-refractivity contribution in [2.45, 2.75) is 0 Å². The number of carbonyl (C=O) groups is 1. The predicted molar refractivity (Wildman–Crippen MR) is 75.2 cm³/mol. The van der Waals surface area contributed by atoms with E-state index >= 15 is 0 Å². The van der Waals surface area contributed by atoms with Crippen molar-refractivity contribution in [3.63, 3.8) is 0 Å². The van der Waals surface area contributed by atoms with Crippen molar-refractivity contribution in [3.05, 3.63) is 64.0 Å². The molecule has 0 fully saturated rings. The first-order valence-electron chi connectivity index (χ1n) is 5.53. The molecule has 1 aromatic carbocycles. The average Bonchev–Trinajstić information content (AvgIpc) is 2.74. The number of fused-ring (bicyclic) bond motifs is 1. The van der Waals surface area contributed by atoms with Crippen molar-refractivity contribution in [1.29, 1.82) is 0 Å². The smallest absolute Gasteiger partial charge is 0.267 e. The Morgan fingerprint density at radius 3 is 2.63 bits per heavy atom. The van der Waals surface area contributed by atoms with Gasteiger partial charge in [0.25, 0.3) is 5.91 Å². The topological polar surface area (TPSA) is 39.3 Å². The summed E-state index contributed by atoms with van der Waals surface area (Å²) in [6, 6.07) is 12.3. The summed E-state index contributed by atoms with van der Waals surface area (Å²) in [6.07, 6.45) is 1.61. The molecule has 2 heterocycles. The minimum atomic E-state index is -0.236. The molecule has 0 atom stereocenters. The lowest BCUT2D eigenvalue weighted by Crippen LogP contribution is -2.17. The highest BCUT2D eigenvalue weighted by Crippen LogP contribution is 2.12. The van der Waals surface area contributed by atoms with E-state index in [1.54, 1.807) is 47.1 Å². The van der Waals surface area contributed by atoms with Gasteiger partial charge in [0, 0.05) is 11.8 Å². The number of aromatic nitrogens is 3. The van der Waals surface area contributed by atoms with Gasteiger partial charge in [0.1, 0.15) is 0 Å². The van der Waals surface area contributed by atoms with Crippen LogP contribution >= 0.6 is 23.8 Å². The summed E-state index contributed by atoms with van der Waals surface area (Å²) in [7, 11) is 0. The zero-order valence-corrected chi connectivity index (χ0v) is 11.2. The van der Waals surface area contributed by atoms with Crippen LogP contribution in [0, 0.1) is 4.77 Å². The molecule has 4 nitrogen and oxygen atoms in total. The molecule has 0 aliphatic rings. The van der Waals surface area contributed by atoms with Crippen molar-refractivity contribution < 1.29 is 4.79 Å². The lowest BCUT2D eigenvalue weighted by molar-refractivity contribution is 0.0938. The Labute approximate surface area is 118 Å². The van der Waals surface area contributed by atoms with Gasteiger partial charge in [-0.1, -0.05) is 29.8 Å². The minimum absolute atomic E-state index is 0.205. The quantitative estimate of drug-likeness (QED) is 0.646. The molecule has 0 bridgehead atoms.